The largest absolute Gasteiger partial charge is 0.478 e. The number of benzene rings is 3. The van der Waals surface area contributed by atoms with Gasteiger partial charge in [-0.2, -0.15) is 4.98 Å². The minimum Gasteiger partial charge on any atom is -0.478 e. The monoisotopic (exact) mass is 423 g/mol. The van der Waals surface area contributed by atoms with Gasteiger partial charge in [0.05, 0.1) is 16.6 Å². The second-order valence-corrected chi connectivity index (χ2v) is 7.84. The number of aryl methyl sites for hydroxylation is 1. The zero-order valence-corrected chi connectivity index (χ0v) is 17.4. The average Bonchev–Trinajstić information content (AvgIpc) is 3.17. The molecule has 5 N–H and O–H groups in total. The molecule has 0 aliphatic heterocycles. The van der Waals surface area contributed by atoms with Crippen molar-refractivity contribution in [3.05, 3.63) is 83.6 Å². The first-order valence-corrected chi connectivity index (χ1v) is 10.1. The zero-order chi connectivity index (χ0) is 22.4. The van der Waals surface area contributed by atoms with E-state index in [1.807, 2.05) is 37.4 Å². The van der Waals surface area contributed by atoms with Crippen molar-refractivity contribution in [1.82, 2.24) is 14.5 Å². The van der Waals surface area contributed by atoms with Gasteiger partial charge in [-0.1, -0.05) is 30.3 Å². The first-order valence-electron chi connectivity index (χ1n) is 10.1. The van der Waals surface area contributed by atoms with E-state index in [1.54, 1.807) is 12.1 Å². The Morgan fingerprint density at radius 2 is 1.75 bits per heavy atom. The van der Waals surface area contributed by atoms with Crippen LogP contribution in [0.5, 0.6) is 0 Å². The molecule has 0 atom stereocenters. The van der Waals surface area contributed by atoms with Crippen LogP contribution in [0.15, 0.2) is 66.9 Å². The minimum absolute atomic E-state index is 0.164. The van der Waals surface area contributed by atoms with Crippen LogP contribution in [0, 0.1) is 6.92 Å². The highest BCUT2D eigenvalue weighted by molar-refractivity contribution is 6.07. The molecule has 0 amide bonds. The maximum Gasteiger partial charge on any atom is 0.335 e. The number of aromatic nitrogens is 3. The lowest BCUT2D eigenvalue weighted by Crippen LogP contribution is -2.01. The molecule has 7 heteroatoms. The molecule has 3 aromatic carbocycles. The van der Waals surface area contributed by atoms with E-state index in [9.17, 15) is 4.79 Å². The van der Waals surface area contributed by atoms with Gasteiger partial charge < -0.3 is 21.1 Å². The third-order valence-electron chi connectivity index (χ3n) is 5.75. The van der Waals surface area contributed by atoms with E-state index in [2.05, 4.69) is 38.8 Å². The number of nitrogens with two attached hydrogens (primary N) is 2. The Hall–Kier alpha value is -4.39. The molecule has 0 bridgehead atoms. The number of nitrogens with zero attached hydrogens (tertiary/aromatic N) is 3. The lowest BCUT2D eigenvalue weighted by atomic mass is 9.97. The maximum atomic E-state index is 11.2. The summed E-state index contributed by atoms with van der Waals surface area (Å²) in [5, 5.41) is 10.9. The molecule has 0 spiro atoms. The Morgan fingerprint density at radius 1 is 0.969 bits per heavy atom. The second kappa shape index (κ2) is 7.39. The number of fused-ring (bicyclic) bond motifs is 3. The van der Waals surface area contributed by atoms with Crippen molar-refractivity contribution in [3.63, 3.8) is 0 Å². The number of carbonyl (C=O) groups is 1. The number of hydrogen-bond donors (Lipinski definition) is 3. The summed E-state index contributed by atoms with van der Waals surface area (Å²) < 4.78 is 2.16. The maximum absolute atomic E-state index is 11.2. The Kier molecular flexibility index (Phi) is 4.52. The quantitative estimate of drug-likeness (QED) is 0.392. The molecule has 2 aromatic heterocycles. The van der Waals surface area contributed by atoms with Crippen LogP contribution in [0.25, 0.3) is 32.9 Å². The first-order chi connectivity index (χ1) is 15.4. The van der Waals surface area contributed by atoms with E-state index in [0.717, 1.165) is 44.1 Å². The number of carboxylic acid groups (broad SMARTS) is 1. The van der Waals surface area contributed by atoms with Gasteiger partial charge in [0.2, 0.25) is 5.95 Å². The van der Waals surface area contributed by atoms with Crippen LogP contribution >= 0.6 is 0 Å². The Morgan fingerprint density at radius 3 is 2.47 bits per heavy atom. The minimum atomic E-state index is -0.918. The number of anilines is 2. The molecule has 32 heavy (non-hydrogen) atoms. The summed E-state index contributed by atoms with van der Waals surface area (Å²) in [6.07, 6.45) is 2.03. The lowest BCUT2D eigenvalue weighted by Gasteiger charge is -2.10. The topological polar surface area (TPSA) is 120 Å². The summed E-state index contributed by atoms with van der Waals surface area (Å²) in [6, 6.07) is 19.5. The molecule has 7 nitrogen and oxygen atoms in total. The molecule has 0 saturated carbocycles. The fourth-order valence-electron chi connectivity index (χ4n) is 4.15. The van der Waals surface area contributed by atoms with E-state index >= 15 is 0 Å². The van der Waals surface area contributed by atoms with Crippen molar-refractivity contribution in [2.45, 2.75) is 13.5 Å². The van der Waals surface area contributed by atoms with Gasteiger partial charge in [0.25, 0.3) is 0 Å². The fraction of sp³-hybridized carbons (Fsp3) is 0.0800. The number of nitrogen functional groups attached to an aromatic ring is 2. The predicted octanol–water partition coefficient (Wildman–Crippen LogP) is 4.47. The van der Waals surface area contributed by atoms with Crippen molar-refractivity contribution in [1.29, 1.82) is 0 Å². The molecule has 0 saturated heterocycles. The highest BCUT2D eigenvalue weighted by Crippen LogP contribution is 2.29. The fourth-order valence-corrected chi connectivity index (χ4v) is 4.15. The van der Waals surface area contributed by atoms with Gasteiger partial charge in [-0.05, 0) is 59.5 Å². The molecule has 0 aliphatic carbocycles. The summed E-state index contributed by atoms with van der Waals surface area (Å²) >= 11 is 0. The molecular formula is C25H21N5O2. The molecule has 0 unspecified atom stereocenters. The number of hydrogen-bond acceptors (Lipinski definition) is 5. The molecular weight excluding hydrogens is 402 g/mol. The number of aromatic carboxylic acids is 1. The van der Waals surface area contributed by atoms with Gasteiger partial charge in [-0.3, -0.25) is 0 Å². The molecule has 5 aromatic rings. The van der Waals surface area contributed by atoms with E-state index in [1.165, 1.54) is 0 Å². The SMILES string of the molecule is Cc1cc(C(=O)O)ccc1-c1ccc(Cn2ccc3c4nc(N)nc(N)c4ccc32)cc1. The summed E-state index contributed by atoms with van der Waals surface area (Å²) in [5.41, 5.74) is 18.0. The van der Waals surface area contributed by atoms with Crippen LogP contribution in [0.2, 0.25) is 0 Å². The van der Waals surface area contributed by atoms with E-state index in [-0.39, 0.29) is 5.95 Å². The van der Waals surface area contributed by atoms with Crippen molar-refractivity contribution in [2.24, 2.45) is 0 Å². The van der Waals surface area contributed by atoms with Crippen molar-refractivity contribution in [2.75, 3.05) is 11.5 Å². The van der Waals surface area contributed by atoms with Crippen LogP contribution in [-0.2, 0) is 6.54 Å². The molecule has 2 heterocycles. The highest BCUT2D eigenvalue weighted by Gasteiger charge is 2.11. The number of carboxylic acids is 1. The van der Waals surface area contributed by atoms with Crippen molar-refractivity contribution in [3.8, 4) is 11.1 Å². The van der Waals surface area contributed by atoms with Crippen LogP contribution in [0.1, 0.15) is 21.5 Å². The van der Waals surface area contributed by atoms with Crippen LogP contribution in [0.3, 0.4) is 0 Å². The molecule has 0 aliphatic rings. The lowest BCUT2D eigenvalue weighted by molar-refractivity contribution is 0.0697. The Bertz CT molecular complexity index is 1500. The van der Waals surface area contributed by atoms with Crippen molar-refractivity contribution < 1.29 is 9.90 Å². The molecule has 0 fully saturated rings. The van der Waals surface area contributed by atoms with E-state index in [4.69, 9.17) is 16.6 Å². The summed E-state index contributed by atoms with van der Waals surface area (Å²) in [5.74, 6) is -0.375. The predicted molar refractivity (Wildman–Crippen MR) is 127 cm³/mol. The molecule has 0 radical (unpaired) electrons. The normalized spacial score (nSPS) is 11.3. The van der Waals surface area contributed by atoms with Gasteiger partial charge in [-0.15, -0.1) is 0 Å². The Labute approximate surface area is 183 Å². The van der Waals surface area contributed by atoms with Gasteiger partial charge in [-0.25, -0.2) is 9.78 Å². The van der Waals surface area contributed by atoms with Crippen LogP contribution in [0.4, 0.5) is 11.8 Å². The summed E-state index contributed by atoms with van der Waals surface area (Å²) in [7, 11) is 0. The van der Waals surface area contributed by atoms with E-state index < -0.39 is 5.97 Å². The standard InChI is InChI=1S/C25H21N5O2/c1-14-12-17(24(31)32)6-7-18(14)16-4-2-15(3-5-16)13-30-11-10-19-21(30)9-8-20-22(19)28-25(27)29-23(20)26/h2-12H,13H2,1H3,(H,31,32)(H4,26,27,28,29). The van der Waals surface area contributed by atoms with Gasteiger partial charge in [0.1, 0.15) is 5.82 Å². The average molecular weight is 423 g/mol. The van der Waals surface area contributed by atoms with Crippen molar-refractivity contribution >= 4 is 39.5 Å². The third kappa shape index (κ3) is 3.30. The zero-order valence-electron chi connectivity index (χ0n) is 17.4. The molecule has 5 rings (SSSR count). The number of rotatable bonds is 4. The summed E-state index contributed by atoms with van der Waals surface area (Å²) in [6.45, 7) is 2.62. The molecule has 158 valence electrons. The van der Waals surface area contributed by atoms with Gasteiger partial charge >= 0.3 is 5.97 Å². The third-order valence-corrected chi connectivity index (χ3v) is 5.75. The van der Waals surface area contributed by atoms with Crippen LogP contribution < -0.4 is 11.5 Å². The smallest absolute Gasteiger partial charge is 0.335 e. The second-order valence-electron chi connectivity index (χ2n) is 7.84. The van der Waals surface area contributed by atoms with Gasteiger partial charge in [0, 0.05) is 23.5 Å². The van der Waals surface area contributed by atoms with E-state index in [0.29, 0.717) is 17.9 Å². The Balaban J connectivity index is 1.46. The van der Waals surface area contributed by atoms with Gasteiger partial charge in [0.15, 0.2) is 0 Å². The highest BCUT2D eigenvalue weighted by atomic mass is 16.4. The van der Waals surface area contributed by atoms with Crippen LogP contribution in [-0.4, -0.2) is 25.6 Å². The summed E-state index contributed by atoms with van der Waals surface area (Å²) in [4.78, 5) is 19.6. The first kappa shape index (κ1) is 19.6.